The summed E-state index contributed by atoms with van der Waals surface area (Å²) in [5.74, 6) is 0. The number of hydrogen-bond donors (Lipinski definition) is 3. The molecule has 0 unspecified atom stereocenters. The maximum atomic E-state index is 11.9. The fourth-order valence-electron chi connectivity index (χ4n) is 12.6. The molecule has 0 saturated carbocycles. The summed E-state index contributed by atoms with van der Waals surface area (Å²) in [4.78, 5) is 45.1. The van der Waals surface area contributed by atoms with E-state index in [1.54, 1.807) is 54.6 Å². The van der Waals surface area contributed by atoms with Crippen LogP contribution in [0.5, 0.6) is 0 Å². The van der Waals surface area contributed by atoms with Gasteiger partial charge >= 0.3 is 257 Å². The fraction of sp³-hybridized carbons (Fsp3) is 0.779. The van der Waals surface area contributed by atoms with E-state index >= 15 is 0 Å². The molecule has 0 radical (unpaired) electrons. The molecule has 0 aliphatic carbocycles. The van der Waals surface area contributed by atoms with Crippen LogP contribution in [0.25, 0.3) is 0 Å². The number of phosphoric ester groups is 1. The molecule has 0 atom stereocenters. The van der Waals surface area contributed by atoms with Crippen molar-refractivity contribution in [3.8, 4) is 0 Å². The van der Waals surface area contributed by atoms with Crippen molar-refractivity contribution in [2.75, 3.05) is 13.2 Å². The quantitative estimate of drug-likeness (QED) is 0.0118. The molecule has 27 heteroatoms. The smallest absolute Gasteiger partial charge is 0.790 e. The molecule has 17 nitrogen and oxygen atoms in total. The third kappa shape index (κ3) is 105. The van der Waals surface area contributed by atoms with Gasteiger partial charge in [-0.15, -0.1) is 0 Å². The van der Waals surface area contributed by atoms with Gasteiger partial charge in [0.25, 0.3) is 30.4 Å². The number of unbranched alkanes of at least 4 members (excludes halogenated alkanes) is 53. The second kappa shape index (κ2) is 98.4. The predicted molar refractivity (Wildman–Crippen MR) is 444 cm³/mol. The van der Waals surface area contributed by atoms with E-state index in [-0.39, 0.29) is 285 Å². The Balaban J connectivity index is -0.000000200. The van der Waals surface area contributed by atoms with Crippen LogP contribution in [-0.4, -0.2) is 52.5 Å². The Morgan fingerprint density at radius 3 is 0.743 bits per heavy atom. The summed E-state index contributed by atoms with van der Waals surface area (Å²) in [6.45, 7) is 15.4. The van der Waals surface area contributed by atoms with E-state index in [1.807, 2.05) is 12.1 Å². The number of benzene rings is 3. The Kier molecular flexibility index (Phi) is 117. The van der Waals surface area contributed by atoms with Crippen molar-refractivity contribution in [2.45, 2.75) is 435 Å². The third-order valence-corrected chi connectivity index (χ3v) is 22.7. The monoisotopic (exact) mass is 1810 g/mol. The average Bonchev–Trinajstić information content (AvgIpc) is 0.848. The van der Waals surface area contributed by atoms with Gasteiger partial charge in [-0.25, -0.2) is 0 Å². The number of rotatable bonds is 66. The zero-order chi connectivity index (χ0) is 80.8. The van der Waals surface area contributed by atoms with Gasteiger partial charge in [-0.05, 0) is 73.9 Å². The molecular formula is C86H157K5O17P2S3. The van der Waals surface area contributed by atoms with Crippen LogP contribution in [-0.2, 0) is 61.0 Å². The molecule has 0 fully saturated rings. The average molecular weight is 1820 g/mol. The molecule has 0 saturated heterocycles. The zero-order valence-corrected chi connectivity index (χ0v) is 93.6. The van der Waals surface area contributed by atoms with E-state index in [2.05, 4.69) is 46.1 Å². The van der Waals surface area contributed by atoms with Gasteiger partial charge < -0.3 is 45.0 Å². The van der Waals surface area contributed by atoms with Crippen molar-refractivity contribution in [2.24, 2.45) is 0 Å². The standard InChI is InChI=1S/C22H38O3S.C18H30O3S.C16H35O4P.C16H26O3S.C14H29.5K.H3O4P/c1-2-3-4-5-6-7-8-9-10-11-12-13-14-15-18-21-19-16-17-20-22(21)26(23,24)25;1-2-3-4-5-6-7-8-9-10-14-17-21-22(19,20)18-15-12-11-13-16-18;1-2-3-4-5-6-7-8-9-10-11-12-13-14-15-16-20-21(17,18)19;1-2-3-4-5-6-7-8-9-12-15-13-10-11-14-16(15)20(17,18)19;1-3-5-7-9-11-13-14-12-10-8-6-4-2;;;;;;1-5(2,3)4/h16-17,19-20H,2-15,18H2,1H3,(H,23,24,25);11-13,15-16H,2-10,14,17H2,1H3;2-16H2,1H3,(H2,17,18,19);10-11,13-14H,2-9,12H2,1H3,(H,17,18,19);1,3-14H2,2H3;;;;;;(H3,1,2,3,4)/q;;;;-1;5*+1;/p-4. The number of phosphoric acid groups is 2. The second-order valence-electron chi connectivity index (χ2n) is 29.2. The molecule has 0 aliphatic rings. The Bertz CT molecular complexity index is 2850. The van der Waals surface area contributed by atoms with E-state index in [9.17, 15) is 44.2 Å². The first kappa shape index (κ1) is 134. The van der Waals surface area contributed by atoms with E-state index < -0.39 is 46.0 Å². The summed E-state index contributed by atoms with van der Waals surface area (Å²) in [5.41, 5.74) is 1.45. The minimum Gasteiger partial charge on any atom is -0.790 e. The van der Waals surface area contributed by atoms with Crippen LogP contribution in [0.4, 0.5) is 0 Å². The summed E-state index contributed by atoms with van der Waals surface area (Å²) in [7, 11) is -21.7. The van der Waals surface area contributed by atoms with E-state index in [0.717, 1.165) is 68.9 Å². The maximum Gasteiger partial charge on any atom is 1.00 e. The fourth-order valence-corrected chi connectivity index (χ4v) is 15.4. The first-order chi connectivity index (χ1) is 51.7. The van der Waals surface area contributed by atoms with Crippen LogP contribution in [0.3, 0.4) is 0 Å². The minimum atomic E-state index is -5.14. The predicted octanol–water partition coefficient (Wildman–Crippen LogP) is 9.55. The summed E-state index contributed by atoms with van der Waals surface area (Å²) in [6.07, 6.45) is 76.1. The zero-order valence-electron chi connectivity index (χ0n) is 73.7. The molecule has 0 bridgehead atoms. The van der Waals surface area contributed by atoms with Crippen molar-refractivity contribution < 1.29 is 334 Å². The Hall–Kier alpha value is 5.79. The molecule has 3 aromatic carbocycles. The topological polar surface area (TPSA) is 308 Å². The van der Waals surface area contributed by atoms with Crippen LogP contribution in [0.2, 0.25) is 0 Å². The van der Waals surface area contributed by atoms with Crippen LogP contribution < -0.4 is 276 Å². The summed E-state index contributed by atoms with van der Waals surface area (Å²) >= 11 is 0. The van der Waals surface area contributed by atoms with Gasteiger partial charge in [-0.1, -0.05) is 430 Å². The van der Waals surface area contributed by atoms with Crippen LogP contribution >= 0.6 is 15.6 Å². The molecule has 0 aliphatic heterocycles. The van der Waals surface area contributed by atoms with Gasteiger partial charge in [0.1, 0.15) is 0 Å². The number of hydrogen-bond acceptors (Lipinski definition) is 14. The molecular weight excluding hydrogens is 1660 g/mol. The Labute approximate surface area is 907 Å². The van der Waals surface area contributed by atoms with Crippen molar-refractivity contribution in [3.05, 3.63) is 96.9 Å². The molecule has 3 aromatic rings. The minimum absolute atomic E-state index is 0. The third-order valence-electron chi connectivity index (χ3n) is 19.0. The maximum absolute atomic E-state index is 11.9. The first-order valence-electron chi connectivity index (χ1n) is 43.0. The molecule has 0 aromatic heterocycles. The van der Waals surface area contributed by atoms with Gasteiger partial charge in [0.05, 0.1) is 43.5 Å². The molecule has 0 heterocycles. The van der Waals surface area contributed by atoms with Crippen LogP contribution in [0.1, 0.15) is 418 Å². The van der Waals surface area contributed by atoms with Gasteiger partial charge in [0.15, 0.2) is 0 Å². The summed E-state index contributed by atoms with van der Waals surface area (Å²) < 4.78 is 115. The first-order valence-corrected chi connectivity index (χ1v) is 50.3. The van der Waals surface area contributed by atoms with Crippen LogP contribution in [0, 0.1) is 6.92 Å². The molecule has 0 amide bonds. The SMILES string of the molecule is CCCCCCCCCCCCCCCCOP(=O)([O-])[O-].CCCCCCCCCCCCCCCCc1ccccc1S(=O)(=O)O.CCCCCCCCCCCCOS(=O)(=O)c1ccccc1.CCCCCCCCCCc1ccccc1S(=O)(=O)O.O=P([O-])([O-])O.[CH2-]CCCCCCCCCCCCC.[K+].[K+].[K+].[K+].[K+]. The van der Waals surface area contributed by atoms with Gasteiger partial charge in [0, 0.05) is 0 Å². The summed E-state index contributed by atoms with van der Waals surface area (Å²) in [5, 5.41) is 0. The van der Waals surface area contributed by atoms with Gasteiger partial charge in [0.2, 0.25) is 0 Å². The normalized spacial score (nSPS) is 11.1. The molecule has 636 valence electrons. The van der Waals surface area contributed by atoms with Gasteiger partial charge in [-0.2, -0.15) is 31.7 Å². The molecule has 3 rings (SSSR count). The van der Waals surface area contributed by atoms with Crippen LogP contribution in [0.15, 0.2) is 93.5 Å². The van der Waals surface area contributed by atoms with Crippen molar-refractivity contribution >= 4 is 46.0 Å². The van der Waals surface area contributed by atoms with Crippen molar-refractivity contribution in [1.82, 2.24) is 0 Å². The Morgan fingerprint density at radius 1 is 0.310 bits per heavy atom. The largest absolute Gasteiger partial charge is 1.00 e. The van der Waals surface area contributed by atoms with E-state index in [0.29, 0.717) is 19.3 Å². The second-order valence-corrected chi connectivity index (χ2v) is 35.7. The Morgan fingerprint density at radius 2 is 0.513 bits per heavy atom. The summed E-state index contributed by atoms with van der Waals surface area (Å²) in [6, 6.07) is 21.8. The molecule has 3 N–H and O–H groups in total. The van der Waals surface area contributed by atoms with Gasteiger partial charge in [-0.3, -0.25) is 13.3 Å². The van der Waals surface area contributed by atoms with E-state index in [4.69, 9.17) is 28.0 Å². The van der Waals surface area contributed by atoms with Crippen molar-refractivity contribution in [1.29, 1.82) is 0 Å². The number of aryl methyl sites for hydroxylation is 2. The molecule has 113 heavy (non-hydrogen) atoms. The van der Waals surface area contributed by atoms with E-state index in [1.165, 1.54) is 320 Å². The molecule has 0 spiro atoms. The van der Waals surface area contributed by atoms with Crippen molar-refractivity contribution in [3.63, 3.8) is 0 Å².